The van der Waals surface area contributed by atoms with Gasteiger partial charge in [-0.05, 0) is 55.9 Å². The van der Waals surface area contributed by atoms with E-state index in [1.54, 1.807) is 5.69 Å². The first-order chi connectivity index (χ1) is 15.1. The largest absolute Gasteiger partial charge is 0.511 e. The molecule has 0 fully saturated rings. The van der Waals surface area contributed by atoms with Crippen LogP contribution in [0.2, 0.25) is 6.32 Å². The molecule has 0 radical (unpaired) electrons. The van der Waals surface area contributed by atoms with Crippen LogP contribution in [0.25, 0.3) is 0 Å². The van der Waals surface area contributed by atoms with E-state index in [0.717, 1.165) is 12.1 Å². The van der Waals surface area contributed by atoms with Crippen LogP contribution in [0.4, 0.5) is 11.6 Å². The summed E-state index contributed by atoms with van der Waals surface area (Å²) in [7, 11) is 0. The molecule has 5 heteroatoms. The van der Waals surface area contributed by atoms with E-state index in [0.29, 0.717) is 12.4 Å². The molecule has 3 aliphatic heterocycles. The Morgan fingerprint density at radius 1 is 1.03 bits per heavy atom. The quantitative estimate of drug-likeness (QED) is 0.442. The fourth-order valence-corrected chi connectivity index (χ4v) is 6.87. The average Bonchev–Trinajstić information content (AvgIpc) is 3.36. The second kappa shape index (κ2) is 7.68. The van der Waals surface area contributed by atoms with Crippen LogP contribution in [0, 0.1) is 5.41 Å². The van der Waals surface area contributed by atoms with Crippen LogP contribution in [0.1, 0.15) is 71.1 Å². The molecule has 2 aromatic heterocycles. The average molecular weight is 415 g/mol. The molecule has 0 saturated carbocycles. The summed E-state index contributed by atoms with van der Waals surface area (Å²) in [6.07, 6.45) is 16.1. The minimum atomic E-state index is 0.157. The van der Waals surface area contributed by atoms with Gasteiger partial charge in [0.1, 0.15) is 17.1 Å². The molecule has 162 valence electrons. The number of nitrogens with zero attached hydrogens (tertiary/aromatic N) is 4. The highest BCUT2D eigenvalue weighted by Crippen LogP contribution is 2.55. The topological polar surface area (TPSA) is 23.2 Å². The lowest BCUT2D eigenvalue weighted by Gasteiger charge is -2.47. The lowest BCUT2D eigenvalue weighted by molar-refractivity contribution is -0.755. The van der Waals surface area contributed by atoms with Gasteiger partial charge in [-0.2, -0.15) is 0 Å². The van der Waals surface area contributed by atoms with Crippen LogP contribution in [0.5, 0.6) is 0 Å². The number of rotatable bonds is 7. The van der Waals surface area contributed by atoms with E-state index in [9.17, 15) is 0 Å². The number of anilines is 2. The number of hydrogen-bond acceptors (Lipinski definition) is 3. The molecule has 0 aromatic carbocycles. The number of aromatic nitrogens is 2. The van der Waals surface area contributed by atoms with Crippen molar-refractivity contribution in [1.29, 1.82) is 0 Å². The lowest BCUT2D eigenvalue weighted by atomic mass is 9.51. The standard InChI is InChI=1S/C26H36BN4/c1-5-9-12-21-17-22-19-25(6-2,7-3)26(8-4)20-27-29(23-13-10-11-14-28-23)15-16-30(27)24(18-21)31(22)26/h10-11,13-18H,5-9,12,19-20H2,1-4H3/q+1. The van der Waals surface area contributed by atoms with Gasteiger partial charge in [-0.15, -0.1) is 0 Å². The van der Waals surface area contributed by atoms with Crippen molar-refractivity contribution in [3.8, 4) is 0 Å². The molecule has 5 rings (SSSR count). The minimum absolute atomic E-state index is 0.157. The maximum Gasteiger partial charge on any atom is 0.511 e. The van der Waals surface area contributed by atoms with Crippen LogP contribution in [-0.4, -0.2) is 12.0 Å². The molecule has 0 bridgehead atoms. The van der Waals surface area contributed by atoms with Crippen molar-refractivity contribution >= 4 is 18.6 Å². The van der Waals surface area contributed by atoms with Crippen molar-refractivity contribution in [2.45, 2.75) is 84.5 Å². The summed E-state index contributed by atoms with van der Waals surface area (Å²) in [5, 5.41) is 0. The first-order valence-electron chi connectivity index (χ1n) is 12.4. The highest BCUT2D eigenvalue weighted by atomic mass is 15.4. The van der Waals surface area contributed by atoms with Crippen molar-refractivity contribution in [2.75, 3.05) is 9.62 Å². The molecule has 0 saturated heterocycles. The molecule has 0 aliphatic carbocycles. The Labute approximate surface area is 188 Å². The second-order valence-electron chi connectivity index (χ2n) is 9.69. The first kappa shape index (κ1) is 20.6. The van der Waals surface area contributed by atoms with Gasteiger partial charge in [0.2, 0.25) is 0 Å². The van der Waals surface area contributed by atoms with Crippen LogP contribution >= 0.6 is 0 Å². The third kappa shape index (κ3) is 2.81. The summed E-state index contributed by atoms with van der Waals surface area (Å²) in [5.74, 6) is 2.44. The van der Waals surface area contributed by atoms with Crippen LogP contribution in [0.15, 0.2) is 48.9 Å². The Morgan fingerprint density at radius 3 is 2.52 bits per heavy atom. The Bertz CT molecular complexity index is 984. The summed E-state index contributed by atoms with van der Waals surface area (Å²) in [6, 6.07) is 11.3. The fraction of sp³-hybridized carbons (Fsp3) is 0.538. The zero-order valence-corrected chi connectivity index (χ0v) is 19.6. The lowest BCUT2D eigenvalue weighted by Crippen LogP contribution is -2.70. The van der Waals surface area contributed by atoms with E-state index in [-0.39, 0.29) is 5.54 Å². The van der Waals surface area contributed by atoms with E-state index in [2.05, 4.69) is 78.5 Å². The Kier molecular flexibility index (Phi) is 5.11. The zero-order valence-electron chi connectivity index (χ0n) is 19.6. The van der Waals surface area contributed by atoms with Gasteiger partial charge in [0.15, 0.2) is 0 Å². The number of hydrogen-bond donors (Lipinski definition) is 0. The van der Waals surface area contributed by atoms with Gasteiger partial charge in [0.25, 0.3) is 5.82 Å². The maximum absolute atomic E-state index is 4.70. The summed E-state index contributed by atoms with van der Waals surface area (Å²) in [6.45, 7) is 9.83. The number of aryl methyl sites for hydroxylation is 1. The van der Waals surface area contributed by atoms with E-state index < -0.39 is 0 Å². The highest BCUT2D eigenvalue weighted by Gasteiger charge is 2.67. The maximum atomic E-state index is 4.70. The van der Waals surface area contributed by atoms with Crippen molar-refractivity contribution in [3.63, 3.8) is 0 Å². The molecule has 31 heavy (non-hydrogen) atoms. The van der Waals surface area contributed by atoms with Crippen molar-refractivity contribution < 1.29 is 4.57 Å². The smallest absolute Gasteiger partial charge is 0.331 e. The fourth-order valence-electron chi connectivity index (χ4n) is 6.87. The normalized spacial score (nSPS) is 22.8. The van der Waals surface area contributed by atoms with E-state index in [1.807, 2.05) is 12.3 Å². The molecule has 4 nitrogen and oxygen atoms in total. The Hall–Kier alpha value is -2.30. The first-order valence-corrected chi connectivity index (χ1v) is 12.4. The van der Waals surface area contributed by atoms with Gasteiger partial charge in [-0.3, -0.25) is 4.81 Å². The molecule has 1 atom stereocenters. The van der Waals surface area contributed by atoms with Crippen molar-refractivity contribution in [2.24, 2.45) is 5.41 Å². The minimum Gasteiger partial charge on any atom is -0.331 e. The summed E-state index contributed by atoms with van der Waals surface area (Å²) < 4.78 is 2.76. The number of pyridine rings is 2. The molecule has 2 aromatic rings. The Balaban J connectivity index is 1.68. The molecular formula is C26H36BN4+. The Morgan fingerprint density at radius 2 is 1.84 bits per heavy atom. The highest BCUT2D eigenvalue weighted by molar-refractivity contribution is 6.69. The molecule has 0 spiro atoms. The monoisotopic (exact) mass is 415 g/mol. The predicted molar refractivity (Wildman–Crippen MR) is 129 cm³/mol. The van der Waals surface area contributed by atoms with Crippen LogP contribution in [0.3, 0.4) is 0 Å². The molecule has 0 N–H and O–H groups in total. The van der Waals surface area contributed by atoms with Crippen molar-refractivity contribution in [3.05, 3.63) is 60.2 Å². The van der Waals surface area contributed by atoms with Gasteiger partial charge in [0, 0.05) is 36.6 Å². The van der Waals surface area contributed by atoms with E-state index >= 15 is 0 Å². The number of fused-ring (bicyclic) bond motifs is 2. The van der Waals surface area contributed by atoms with Crippen LogP contribution < -0.4 is 14.2 Å². The summed E-state index contributed by atoms with van der Waals surface area (Å²) in [5.41, 5.74) is 3.53. The zero-order chi connectivity index (χ0) is 21.6. The second-order valence-corrected chi connectivity index (χ2v) is 9.69. The third-order valence-electron chi connectivity index (χ3n) is 8.60. The molecule has 3 aliphatic rings. The summed E-state index contributed by atoms with van der Waals surface area (Å²) in [4.78, 5) is 9.61. The van der Waals surface area contributed by atoms with E-state index in [1.165, 1.54) is 56.3 Å². The summed E-state index contributed by atoms with van der Waals surface area (Å²) >= 11 is 0. The van der Waals surface area contributed by atoms with Gasteiger partial charge >= 0.3 is 6.98 Å². The molecule has 1 unspecified atom stereocenters. The van der Waals surface area contributed by atoms with Gasteiger partial charge in [-0.25, -0.2) is 9.55 Å². The molecular weight excluding hydrogens is 379 g/mol. The van der Waals surface area contributed by atoms with Gasteiger partial charge < -0.3 is 4.81 Å². The third-order valence-corrected chi connectivity index (χ3v) is 8.60. The van der Waals surface area contributed by atoms with E-state index in [4.69, 9.17) is 4.98 Å². The predicted octanol–water partition coefficient (Wildman–Crippen LogP) is 5.48. The van der Waals surface area contributed by atoms with Crippen molar-refractivity contribution in [1.82, 2.24) is 4.98 Å². The number of unbranched alkanes of at least 4 members (excludes halogenated alkanes) is 1. The van der Waals surface area contributed by atoms with Gasteiger partial charge in [0.05, 0.1) is 6.20 Å². The molecule has 5 heterocycles. The molecule has 0 amide bonds. The SMILES string of the molecule is CCCCc1cc2[n+]3c(c1)N1C=CN(c4ccccn4)B1CC3(CC)C(CC)(CC)C2. The van der Waals surface area contributed by atoms with Crippen LogP contribution in [-0.2, 0) is 18.4 Å². The van der Waals surface area contributed by atoms with Gasteiger partial charge in [-0.1, -0.05) is 40.2 Å².